The minimum absolute atomic E-state index is 0.0268. The SMILES string of the molecule is O=C(CCc1cccc(F)c1)NCc1ccc2c(c1)CCO2. The van der Waals surface area contributed by atoms with Gasteiger partial charge in [0.05, 0.1) is 6.61 Å². The highest BCUT2D eigenvalue weighted by atomic mass is 19.1. The summed E-state index contributed by atoms with van der Waals surface area (Å²) in [5.74, 6) is 0.653. The van der Waals surface area contributed by atoms with E-state index in [9.17, 15) is 9.18 Å². The van der Waals surface area contributed by atoms with E-state index in [1.807, 2.05) is 18.2 Å². The second-order valence-electron chi connectivity index (χ2n) is 5.45. The molecule has 1 amide bonds. The Morgan fingerprint density at radius 2 is 2.09 bits per heavy atom. The van der Waals surface area contributed by atoms with Gasteiger partial charge in [0.1, 0.15) is 11.6 Å². The fraction of sp³-hybridized carbons (Fsp3) is 0.278. The van der Waals surface area contributed by atoms with Gasteiger partial charge >= 0.3 is 0 Å². The highest BCUT2D eigenvalue weighted by molar-refractivity contribution is 5.76. The van der Waals surface area contributed by atoms with Crippen LogP contribution in [0.1, 0.15) is 23.1 Å². The van der Waals surface area contributed by atoms with E-state index in [0.717, 1.165) is 29.9 Å². The summed E-state index contributed by atoms with van der Waals surface area (Å²) in [5, 5.41) is 2.90. The van der Waals surface area contributed by atoms with Crippen LogP contribution in [0.5, 0.6) is 5.75 Å². The number of hydrogen-bond acceptors (Lipinski definition) is 2. The smallest absolute Gasteiger partial charge is 0.220 e. The zero-order chi connectivity index (χ0) is 15.4. The first-order valence-electron chi connectivity index (χ1n) is 7.46. The number of carbonyl (C=O) groups is 1. The molecule has 114 valence electrons. The molecule has 0 atom stereocenters. The predicted octanol–water partition coefficient (Wildman–Crippen LogP) is 3.01. The molecule has 0 saturated heterocycles. The molecular formula is C18H18FNO2. The topological polar surface area (TPSA) is 38.3 Å². The normalized spacial score (nSPS) is 12.6. The molecule has 0 aliphatic carbocycles. The summed E-state index contributed by atoms with van der Waals surface area (Å²) in [7, 11) is 0. The predicted molar refractivity (Wildman–Crippen MR) is 82.2 cm³/mol. The number of amides is 1. The molecule has 22 heavy (non-hydrogen) atoms. The summed E-state index contributed by atoms with van der Waals surface area (Å²) in [4.78, 5) is 11.9. The third-order valence-electron chi connectivity index (χ3n) is 3.77. The number of nitrogens with one attached hydrogen (secondary N) is 1. The maximum Gasteiger partial charge on any atom is 0.220 e. The van der Waals surface area contributed by atoms with Gasteiger partial charge in [0, 0.05) is 19.4 Å². The van der Waals surface area contributed by atoms with Gasteiger partial charge in [0.25, 0.3) is 0 Å². The average Bonchev–Trinajstić information content (AvgIpc) is 2.98. The molecule has 0 bridgehead atoms. The van der Waals surface area contributed by atoms with Crippen LogP contribution in [-0.4, -0.2) is 12.5 Å². The van der Waals surface area contributed by atoms with Crippen molar-refractivity contribution in [1.29, 1.82) is 0 Å². The second-order valence-corrected chi connectivity index (χ2v) is 5.45. The molecule has 3 nitrogen and oxygen atoms in total. The summed E-state index contributed by atoms with van der Waals surface area (Å²) in [6, 6.07) is 12.4. The fourth-order valence-electron chi connectivity index (χ4n) is 2.59. The molecule has 0 spiro atoms. The molecular weight excluding hydrogens is 281 g/mol. The molecule has 2 aromatic rings. The van der Waals surface area contributed by atoms with E-state index in [4.69, 9.17) is 4.74 Å². The molecule has 1 aliphatic heterocycles. The molecule has 1 aliphatic rings. The zero-order valence-corrected chi connectivity index (χ0v) is 12.3. The van der Waals surface area contributed by atoms with Gasteiger partial charge in [-0.15, -0.1) is 0 Å². The molecule has 1 heterocycles. The Hall–Kier alpha value is -2.36. The fourth-order valence-corrected chi connectivity index (χ4v) is 2.59. The van der Waals surface area contributed by atoms with Gasteiger partial charge in [-0.25, -0.2) is 4.39 Å². The van der Waals surface area contributed by atoms with Crippen molar-refractivity contribution < 1.29 is 13.9 Å². The third kappa shape index (κ3) is 3.64. The molecule has 0 aromatic heterocycles. The summed E-state index contributed by atoms with van der Waals surface area (Å²) >= 11 is 0. The molecule has 3 rings (SSSR count). The highest BCUT2D eigenvalue weighted by Gasteiger charge is 2.12. The average molecular weight is 299 g/mol. The van der Waals surface area contributed by atoms with Crippen LogP contribution in [0.4, 0.5) is 4.39 Å². The van der Waals surface area contributed by atoms with Crippen molar-refractivity contribution in [2.45, 2.75) is 25.8 Å². The summed E-state index contributed by atoms with van der Waals surface area (Å²) in [5.41, 5.74) is 3.11. The van der Waals surface area contributed by atoms with Crippen molar-refractivity contribution in [2.75, 3.05) is 6.61 Å². The van der Waals surface area contributed by atoms with Gasteiger partial charge < -0.3 is 10.1 Å². The van der Waals surface area contributed by atoms with Crippen molar-refractivity contribution in [3.05, 3.63) is 65.0 Å². The number of carbonyl (C=O) groups excluding carboxylic acids is 1. The highest BCUT2D eigenvalue weighted by Crippen LogP contribution is 2.25. The Kier molecular flexibility index (Phi) is 4.37. The van der Waals surface area contributed by atoms with E-state index in [1.165, 1.54) is 17.7 Å². The van der Waals surface area contributed by atoms with E-state index >= 15 is 0 Å². The monoisotopic (exact) mass is 299 g/mol. The number of halogens is 1. The van der Waals surface area contributed by atoms with Crippen molar-refractivity contribution >= 4 is 5.91 Å². The van der Waals surface area contributed by atoms with Crippen LogP contribution in [0, 0.1) is 5.82 Å². The van der Waals surface area contributed by atoms with E-state index in [2.05, 4.69) is 11.4 Å². The number of benzene rings is 2. The summed E-state index contributed by atoms with van der Waals surface area (Å²) in [6.07, 6.45) is 1.83. The van der Waals surface area contributed by atoms with Gasteiger partial charge in [-0.05, 0) is 41.3 Å². The number of aryl methyl sites for hydroxylation is 1. The Balaban J connectivity index is 1.48. The van der Waals surface area contributed by atoms with Crippen molar-refractivity contribution in [3.8, 4) is 5.75 Å². The molecule has 4 heteroatoms. The maximum atomic E-state index is 13.1. The van der Waals surface area contributed by atoms with Crippen molar-refractivity contribution in [2.24, 2.45) is 0 Å². The quantitative estimate of drug-likeness (QED) is 0.921. The Morgan fingerprint density at radius 3 is 2.95 bits per heavy atom. The molecule has 0 fully saturated rings. The third-order valence-corrected chi connectivity index (χ3v) is 3.77. The van der Waals surface area contributed by atoms with Crippen LogP contribution in [0.15, 0.2) is 42.5 Å². The van der Waals surface area contributed by atoms with Crippen LogP contribution >= 0.6 is 0 Å². The van der Waals surface area contributed by atoms with Gasteiger partial charge in [-0.1, -0.05) is 24.3 Å². The number of fused-ring (bicyclic) bond motifs is 1. The van der Waals surface area contributed by atoms with Crippen LogP contribution in [-0.2, 0) is 24.2 Å². The van der Waals surface area contributed by atoms with E-state index in [-0.39, 0.29) is 11.7 Å². The summed E-state index contributed by atoms with van der Waals surface area (Å²) < 4.78 is 18.5. The number of ether oxygens (including phenoxy) is 1. The van der Waals surface area contributed by atoms with Gasteiger partial charge in [-0.2, -0.15) is 0 Å². The lowest BCUT2D eigenvalue weighted by atomic mass is 10.1. The lowest BCUT2D eigenvalue weighted by Crippen LogP contribution is -2.23. The first-order chi connectivity index (χ1) is 10.7. The molecule has 0 saturated carbocycles. The van der Waals surface area contributed by atoms with E-state index in [0.29, 0.717) is 19.4 Å². The number of hydrogen-bond donors (Lipinski definition) is 1. The second kappa shape index (κ2) is 6.60. The van der Waals surface area contributed by atoms with Crippen LogP contribution in [0.25, 0.3) is 0 Å². The lowest BCUT2D eigenvalue weighted by molar-refractivity contribution is -0.121. The Bertz CT molecular complexity index is 685. The van der Waals surface area contributed by atoms with Gasteiger partial charge in [0.2, 0.25) is 5.91 Å². The minimum Gasteiger partial charge on any atom is -0.493 e. The minimum atomic E-state index is -0.265. The molecule has 0 unspecified atom stereocenters. The van der Waals surface area contributed by atoms with Gasteiger partial charge in [-0.3, -0.25) is 4.79 Å². The van der Waals surface area contributed by atoms with Crippen LogP contribution in [0.2, 0.25) is 0 Å². The molecule has 0 radical (unpaired) electrons. The van der Waals surface area contributed by atoms with E-state index < -0.39 is 0 Å². The first-order valence-corrected chi connectivity index (χ1v) is 7.46. The Morgan fingerprint density at radius 1 is 1.18 bits per heavy atom. The van der Waals surface area contributed by atoms with Crippen LogP contribution in [0.3, 0.4) is 0 Å². The van der Waals surface area contributed by atoms with Gasteiger partial charge in [0.15, 0.2) is 0 Å². The van der Waals surface area contributed by atoms with E-state index in [1.54, 1.807) is 6.07 Å². The molecule has 1 N–H and O–H groups in total. The zero-order valence-electron chi connectivity index (χ0n) is 12.3. The lowest BCUT2D eigenvalue weighted by Gasteiger charge is -2.07. The van der Waals surface area contributed by atoms with Crippen molar-refractivity contribution in [1.82, 2.24) is 5.32 Å². The molecule has 2 aromatic carbocycles. The standard InChI is InChI=1S/C18H18FNO2/c19-16-3-1-2-13(11-16)5-7-18(21)20-12-14-4-6-17-15(10-14)8-9-22-17/h1-4,6,10-11H,5,7-9,12H2,(H,20,21). The first kappa shape index (κ1) is 14.6. The number of rotatable bonds is 5. The maximum absolute atomic E-state index is 13.1. The largest absolute Gasteiger partial charge is 0.493 e. The van der Waals surface area contributed by atoms with Crippen molar-refractivity contribution in [3.63, 3.8) is 0 Å². The van der Waals surface area contributed by atoms with Crippen LogP contribution < -0.4 is 10.1 Å². The Labute approximate surface area is 129 Å². The summed E-state index contributed by atoms with van der Waals surface area (Å²) in [6.45, 7) is 1.24.